The smallest absolute Gasteiger partial charge is 0.331 e. The van der Waals surface area contributed by atoms with Crippen LogP contribution in [0.5, 0.6) is 0 Å². The summed E-state index contributed by atoms with van der Waals surface area (Å²) in [5.41, 5.74) is 6.86. The van der Waals surface area contributed by atoms with E-state index in [-0.39, 0.29) is 12.6 Å². The van der Waals surface area contributed by atoms with Crippen LogP contribution in [0.2, 0.25) is 0 Å². The molecule has 3 fully saturated rings. The van der Waals surface area contributed by atoms with Crippen molar-refractivity contribution in [3.63, 3.8) is 0 Å². The first-order valence-corrected chi connectivity index (χ1v) is 7.52. The van der Waals surface area contributed by atoms with E-state index in [4.69, 9.17) is 10.5 Å². The van der Waals surface area contributed by atoms with Gasteiger partial charge in [0, 0.05) is 6.04 Å². The second-order valence-electron chi connectivity index (χ2n) is 6.73. The van der Waals surface area contributed by atoms with Gasteiger partial charge in [0.25, 0.3) is 0 Å². The molecule has 0 spiro atoms. The molecule has 0 saturated heterocycles. The molecule has 0 heterocycles. The summed E-state index contributed by atoms with van der Waals surface area (Å²) >= 11 is 0. The number of allylic oxidation sites excluding steroid dienone is 1. The molecule has 4 nitrogen and oxygen atoms in total. The second-order valence-corrected chi connectivity index (χ2v) is 6.73. The van der Waals surface area contributed by atoms with E-state index in [1.165, 1.54) is 20.0 Å². The second kappa shape index (κ2) is 6.27. The van der Waals surface area contributed by atoms with Gasteiger partial charge in [-0.1, -0.05) is 26.0 Å². The van der Waals surface area contributed by atoms with Crippen LogP contribution in [0.4, 0.5) is 0 Å². The lowest BCUT2D eigenvalue weighted by molar-refractivity contribution is -0.145. The van der Waals surface area contributed by atoms with E-state index in [1.54, 1.807) is 0 Å². The zero-order chi connectivity index (χ0) is 14.8. The van der Waals surface area contributed by atoms with Crippen molar-refractivity contribution in [2.24, 2.45) is 28.9 Å². The number of carbonyl (C=O) groups excluding carboxylic acids is 1. The first-order chi connectivity index (χ1) is 9.46. The van der Waals surface area contributed by atoms with Crippen molar-refractivity contribution in [1.29, 1.82) is 0 Å². The summed E-state index contributed by atoms with van der Waals surface area (Å²) < 4.78 is 9.67. The van der Waals surface area contributed by atoms with Crippen LogP contribution in [0, 0.1) is 23.2 Å². The van der Waals surface area contributed by atoms with Crippen LogP contribution in [0.3, 0.4) is 0 Å². The van der Waals surface area contributed by atoms with Crippen LogP contribution < -0.4 is 5.73 Å². The highest BCUT2D eigenvalue weighted by Crippen LogP contribution is 2.60. The Morgan fingerprint density at radius 1 is 1.35 bits per heavy atom. The van der Waals surface area contributed by atoms with Crippen LogP contribution in [-0.2, 0) is 14.3 Å². The summed E-state index contributed by atoms with van der Waals surface area (Å²) in [5, 5.41) is 0. The Hall–Kier alpha value is -0.870. The van der Waals surface area contributed by atoms with Crippen molar-refractivity contribution < 1.29 is 14.3 Å². The molecule has 2 bridgehead atoms. The fraction of sp³-hybridized carbons (Fsp3) is 0.812. The lowest BCUT2D eigenvalue weighted by Crippen LogP contribution is -2.61. The monoisotopic (exact) mass is 281 g/mol. The number of ether oxygens (including phenoxy) is 2. The molecule has 0 aromatic heterocycles. The minimum Gasteiger partial charge on any atom is -0.467 e. The van der Waals surface area contributed by atoms with Gasteiger partial charge in [-0.15, -0.1) is 0 Å². The lowest BCUT2D eigenvalue weighted by Gasteiger charge is -2.61. The van der Waals surface area contributed by atoms with Gasteiger partial charge in [-0.05, 0) is 42.4 Å². The summed E-state index contributed by atoms with van der Waals surface area (Å²) in [6, 6.07) is 0.329. The third-order valence-corrected chi connectivity index (χ3v) is 5.41. The number of fused-ring (bicyclic) bond motifs is 2. The highest BCUT2D eigenvalue weighted by molar-refractivity contribution is 5.70. The molecule has 20 heavy (non-hydrogen) atoms. The van der Waals surface area contributed by atoms with Crippen molar-refractivity contribution in [3.8, 4) is 0 Å². The molecule has 114 valence electrons. The quantitative estimate of drug-likeness (QED) is 0.460. The number of hydrogen-bond acceptors (Lipinski definition) is 4. The van der Waals surface area contributed by atoms with Crippen LogP contribution in [0.1, 0.15) is 33.1 Å². The van der Waals surface area contributed by atoms with E-state index >= 15 is 0 Å². The van der Waals surface area contributed by atoms with Gasteiger partial charge in [-0.25, -0.2) is 4.79 Å². The van der Waals surface area contributed by atoms with Crippen molar-refractivity contribution in [2.45, 2.75) is 39.2 Å². The van der Waals surface area contributed by atoms with E-state index in [1.807, 2.05) is 6.08 Å². The van der Waals surface area contributed by atoms with Crippen LogP contribution >= 0.6 is 0 Å². The summed E-state index contributed by atoms with van der Waals surface area (Å²) in [6.45, 7) is 5.19. The summed E-state index contributed by atoms with van der Waals surface area (Å²) in [5.74, 6) is 1.80. The van der Waals surface area contributed by atoms with Gasteiger partial charge < -0.3 is 15.2 Å². The summed E-state index contributed by atoms with van der Waals surface area (Å²) in [6.07, 6.45) is 7.70. The first kappa shape index (κ1) is 15.5. The molecule has 0 radical (unpaired) electrons. The fourth-order valence-electron chi connectivity index (χ4n) is 3.82. The Labute approximate surface area is 121 Å². The van der Waals surface area contributed by atoms with E-state index in [2.05, 4.69) is 24.7 Å². The number of methoxy groups -OCH3 is 1. The minimum atomic E-state index is -0.338. The van der Waals surface area contributed by atoms with Crippen molar-refractivity contribution in [2.75, 3.05) is 20.3 Å². The van der Waals surface area contributed by atoms with Crippen LogP contribution in [0.25, 0.3) is 0 Å². The summed E-state index contributed by atoms with van der Waals surface area (Å²) in [7, 11) is 1.36. The van der Waals surface area contributed by atoms with Crippen LogP contribution in [-0.4, -0.2) is 32.3 Å². The van der Waals surface area contributed by atoms with Gasteiger partial charge in [0.1, 0.15) is 6.61 Å². The maximum absolute atomic E-state index is 10.8. The molecule has 4 heteroatoms. The molecule has 0 aromatic rings. The highest BCUT2D eigenvalue weighted by Gasteiger charge is 2.56. The lowest BCUT2D eigenvalue weighted by atomic mass is 9.45. The van der Waals surface area contributed by atoms with Crippen LogP contribution in [0.15, 0.2) is 12.2 Å². The molecule has 0 unspecified atom stereocenters. The van der Waals surface area contributed by atoms with Gasteiger partial charge in [0.05, 0.1) is 13.7 Å². The Kier molecular flexibility index (Phi) is 4.86. The fourth-order valence-corrected chi connectivity index (χ4v) is 3.82. The van der Waals surface area contributed by atoms with Crippen molar-refractivity contribution in [3.05, 3.63) is 12.2 Å². The molecule has 3 rings (SSSR count). The molecule has 3 saturated carbocycles. The largest absolute Gasteiger partial charge is 0.467 e. The average Bonchev–Trinajstić information content (AvgIpc) is 2.43. The number of hydrogen-bond donors (Lipinski definition) is 1. The normalized spacial score (nSPS) is 34.8. The third kappa shape index (κ3) is 3.07. The number of nitrogens with two attached hydrogens (primary N) is 1. The molecular formula is C16H27NO3. The van der Waals surface area contributed by atoms with Gasteiger partial charge >= 0.3 is 5.97 Å². The molecule has 3 aliphatic carbocycles. The predicted molar refractivity (Wildman–Crippen MR) is 78.1 cm³/mol. The highest BCUT2D eigenvalue weighted by atomic mass is 16.6. The van der Waals surface area contributed by atoms with E-state index < -0.39 is 0 Å². The number of esters is 1. The Balaban J connectivity index is 1.67. The molecular weight excluding hydrogens is 254 g/mol. The van der Waals surface area contributed by atoms with Gasteiger partial charge in [0.2, 0.25) is 0 Å². The molecule has 2 N–H and O–H groups in total. The maximum Gasteiger partial charge on any atom is 0.331 e. The molecule has 4 atom stereocenters. The minimum absolute atomic E-state index is 0.0160. The SMILES string of the molecule is COC(=O)COC/C=C\C[C@H]1C[C@@H]2C[C@H]([C@@H]1N)C2(C)C. The zero-order valence-corrected chi connectivity index (χ0v) is 12.8. The third-order valence-electron chi connectivity index (χ3n) is 5.41. The van der Waals surface area contributed by atoms with Gasteiger partial charge in [0.15, 0.2) is 0 Å². The standard InChI is InChI=1S/C16H27NO3/c1-16(2)12-8-11(15(17)13(16)9-12)6-4-5-7-20-10-14(18)19-3/h4-5,11-13,15H,6-10,17H2,1-3H3/b5-4-/t11-,12+,13+,15+/m0/s1. The topological polar surface area (TPSA) is 61.5 Å². The van der Waals surface area contributed by atoms with E-state index in [0.29, 0.717) is 29.9 Å². The van der Waals surface area contributed by atoms with Gasteiger partial charge in [-0.3, -0.25) is 0 Å². The Morgan fingerprint density at radius 2 is 2.10 bits per heavy atom. The molecule has 0 aliphatic heterocycles. The predicted octanol–water partition coefficient (Wildman–Crippen LogP) is 2.13. The Bertz CT molecular complexity index is 378. The average molecular weight is 281 g/mol. The summed E-state index contributed by atoms with van der Waals surface area (Å²) in [4.78, 5) is 10.8. The maximum atomic E-state index is 10.8. The Morgan fingerprint density at radius 3 is 2.70 bits per heavy atom. The number of carbonyl (C=O) groups is 1. The number of rotatable bonds is 6. The molecule has 3 aliphatic rings. The van der Waals surface area contributed by atoms with E-state index in [9.17, 15) is 4.79 Å². The molecule has 0 aromatic carbocycles. The molecule has 0 amide bonds. The van der Waals surface area contributed by atoms with E-state index in [0.717, 1.165) is 12.3 Å². The van der Waals surface area contributed by atoms with Crippen molar-refractivity contribution >= 4 is 5.97 Å². The zero-order valence-electron chi connectivity index (χ0n) is 12.8. The van der Waals surface area contributed by atoms with Gasteiger partial charge in [-0.2, -0.15) is 0 Å². The first-order valence-electron chi connectivity index (χ1n) is 7.52. The van der Waals surface area contributed by atoms with Crippen molar-refractivity contribution in [1.82, 2.24) is 0 Å².